The number of nitrogens with zero attached hydrogens (tertiary/aromatic N) is 1. The van der Waals surface area contributed by atoms with Crippen molar-refractivity contribution in [2.24, 2.45) is 0 Å². The smallest absolute Gasteiger partial charge is 0.253 e. The number of hydrogen-bond donors (Lipinski definition) is 2. The number of amides is 1. The van der Waals surface area contributed by atoms with Crippen LogP contribution in [-0.2, 0) is 12.8 Å². The van der Waals surface area contributed by atoms with Gasteiger partial charge < -0.3 is 15.1 Å². The number of carbonyl (C=O) groups is 1. The van der Waals surface area contributed by atoms with Crippen molar-refractivity contribution < 1.29 is 15.0 Å². The highest BCUT2D eigenvalue weighted by Gasteiger charge is 2.38. The number of aliphatic hydroxyl groups excluding tert-OH is 1. The number of aryl methyl sites for hydroxylation is 2. The summed E-state index contributed by atoms with van der Waals surface area (Å²) in [6.45, 7) is 2.31. The number of rotatable bonds is 1. The SMILES string of the molecule is C[C@]1(O)CCN(C(=O)c2ccc3c(c2)CCCC3)C[C@H]1O. The Morgan fingerprint density at radius 3 is 2.71 bits per heavy atom. The van der Waals surface area contributed by atoms with Crippen molar-refractivity contribution in [3.05, 3.63) is 34.9 Å². The molecule has 0 saturated carbocycles. The van der Waals surface area contributed by atoms with Gasteiger partial charge in [0.15, 0.2) is 0 Å². The summed E-state index contributed by atoms with van der Waals surface area (Å²) in [5.74, 6) is -0.0436. The summed E-state index contributed by atoms with van der Waals surface area (Å²) in [4.78, 5) is 14.2. The molecule has 0 spiro atoms. The van der Waals surface area contributed by atoms with Gasteiger partial charge in [0, 0.05) is 18.7 Å². The number of aliphatic hydroxyl groups is 2. The number of hydrogen-bond acceptors (Lipinski definition) is 3. The first-order chi connectivity index (χ1) is 9.97. The Labute approximate surface area is 125 Å². The molecule has 1 aliphatic carbocycles. The summed E-state index contributed by atoms with van der Waals surface area (Å²) in [6, 6.07) is 5.97. The first-order valence-electron chi connectivity index (χ1n) is 7.79. The van der Waals surface area contributed by atoms with Crippen LogP contribution in [0.2, 0.25) is 0 Å². The predicted octanol–water partition coefficient (Wildman–Crippen LogP) is 1.52. The van der Waals surface area contributed by atoms with E-state index in [-0.39, 0.29) is 12.5 Å². The lowest BCUT2D eigenvalue weighted by atomic mass is 9.89. The van der Waals surface area contributed by atoms with Gasteiger partial charge in [-0.25, -0.2) is 0 Å². The predicted molar refractivity (Wildman–Crippen MR) is 80.2 cm³/mol. The second kappa shape index (κ2) is 5.43. The van der Waals surface area contributed by atoms with Crippen LogP contribution in [0.1, 0.15) is 47.7 Å². The van der Waals surface area contributed by atoms with E-state index in [4.69, 9.17) is 0 Å². The molecule has 0 bridgehead atoms. The van der Waals surface area contributed by atoms with Gasteiger partial charge in [-0.3, -0.25) is 4.79 Å². The van der Waals surface area contributed by atoms with E-state index in [1.54, 1.807) is 11.8 Å². The highest BCUT2D eigenvalue weighted by molar-refractivity contribution is 5.94. The second-order valence-corrected chi connectivity index (χ2v) is 6.56. The number of fused-ring (bicyclic) bond motifs is 1. The molecule has 1 aliphatic heterocycles. The Bertz CT molecular complexity index is 553. The normalized spacial score (nSPS) is 29.1. The van der Waals surface area contributed by atoms with Crippen LogP contribution in [0.3, 0.4) is 0 Å². The molecule has 114 valence electrons. The number of β-amino-alcohol motifs (C(OH)–C–C–N with tert-alkyl or cyclic N) is 1. The topological polar surface area (TPSA) is 60.8 Å². The largest absolute Gasteiger partial charge is 0.388 e. The van der Waals surface area contributed by atoms with Crippen LogP contribution in [0.25, 0.3) is 0 Å². The molecule has 21 heavy (non-hydrogen) atoms. The van der Waals surface area contributed by atoms with Gasteiger partial charge in [-0.15, -0.1) is 0 Å². The molecule has 4 nitrogen and oxygen atoms in total. The highest BCUT2D eigenvalue weighted by atomic mass is 16.3. The van der Waals surface area contributed by atoms with E-state index in [2.05, 4.69) is 6.07 Å². The van der Waals surface area contributed by atoms with Gasteiger partial charge in [-0.05, 0) is 62.3 Å². The summed E-state index contributed by atoms with van der Waals surface area (Å²) in [6.07, 6.45) is 4.10. The Balaban J connectivity index is 1.77. The van der Waals surface area contributed by atoms with Crippen molar-refractivity contribution in [3.8, 4) is 0 Å². The van der Waals surface area contributed by atoms with Crippen molar-refractivity contribution in [3.63, 3.8) is 0 Å². The summed E-state index contributed by atoms with van der Waals surface area (Å²) in [5, 5.41) is 19.9. The van der Waals surface area contributed by atoms with Gasteiger partial charge in [-0.1, -0.05) is 6.07 Å². The maximum atomic E-state index is 12.6. The van der Waals surface area contributed by atoms with Gasteiger partial charge in [0.2, 0.25) is 0 Å². The Morgan fingerprint density at radius 2 is 2.00 bits per heavy atom. The third-order valence-electron chi connectivity index (χ3n) is 4.88. The molecule has 1 aromatic rings. The van der Waals surface area contributed by atoms with Crippen LogP contribution < -0.4 is 0 Å². The molecule has 1 fully saturated rings. The molecule has 1 amide bonds. The molecule has 2 N–H and O–H groups in total. The quantitative estimate of drug-likeness (QED) is 0.824. The number of carbonyl (C=O) groups excluding carboxylic acids is 1. The van der Waals surface area contributed by atoms with E-state index in [1.807, 2.05) is 12.1 Å². The zero-order valence-electron chi connectivity index (χ0n) is 12.5. The molecule has 3 rings (SSSR count). The van der Waals surface area contributed by atoms with Crippen LogP contribution in [-0.4, -0.2) is 45.8 Å². The Hall–Kier alpha value is -1.39. The lowest BCUT2D eigenvalue weighted by molar-refractivity contribution is -0.0999. The number of benzene rings is 1. The highest BCUT2D eigenvalue weighted by Crippen LogP contribution is 2.25. The molecule has 1 aromatic carbocycles. The minimum Gasteiger partial charge on any atom is -0.388 e. The standard InChI is InChI=1S/C17H23NO3/c1-17(21)8-9-18(11-15(17)19)16(20)14-7-6-12-4-2-3-5-13(12)10-14/h6-7,10,15,19,21H,2-5,8-9,11H2,1H3/t15-,17+/m1/s1. The average molecular weight is 289 g/mol. The molecule has 0 aromatic heterocycles. The van der Waals surface area contributed by atoms with E-state index >= 15 is 0 Å². The molecule has 2 aliphatic rings. The lowest BCUT2D eigenvalue weighted by Crippen LogP contribution is -2.55. The minimum absolute atomic E-state index is 0.0436. The van der Waals surface area contributed by atoms with E-state index in [1.165, 1.54) is 24.0 Å². The monoisotopic (exact) mass is 289 g/mol. The van der Waals surface area contributed by atoms with Gasteiger partial charge in [0.25, 0.3) is 5.91 Å². The van der Waals surface area contributed by atoms with Crippen LogP contribution in [0.4, 0.5) is 0 Å². The maximum absolute atomic E-state index is 12.6. The third kappa shape index (κ3) is 2.83. The Kier molecular flexibility index (Phi) is 3.76. The average Bonchev–Trinajstić information content (AvgIpc) is 2.49. The van der Waals surface area contributed by atoms with Crippen LogP contribution in [0.15, 0.2) is 18.2 Å². The molecule has 0 radical (unpaired) electrons. The minimum atomic E-state index is -1.09. The van der Waals surface area contributed by atoms with Gasteiger partial charge in [0.05, 0.1) is 11.7 Å². The van der Waals surface area contributed by atoms with Crippen molar-refractivity contribution in [2.75, 3.05) is 13.1 Å². The Morgan fingerprint density at radius 1 is 1.29 bits per heavy atom. The summed E-state index contributed by atoms with van der Waals surface area (Å²) < 4.78 is 0. The zero-order valence-corrected chi connectivity index (χ0v) is 12.5. The molecule has 1 saturated heterocycles. The zero-order chi connectivity index (χ0) is 15.0. The number of likely N-dealkylation sites (tertiary alicyclic amines) is 1. The molecule has 1 heterocycles. The van der Waals surface area contributed by atoms with E-state index < -0.39 is 11.7 Å². The van der Waals surface area contributed by atoms with Crippen molar-refractivity contribution in [1.29, 1.82) is 0 Å². The van der Waals surface area contributed by atoms with Crippen molar-refractivity contribution in [2.45, 2.75) is 50.7 Å². The van der Waals surface area contributed by atoms with Crippen molar-refractivity contribution in [1.82, 2.24) is 4.90 Å². The molecule has 4 heteroatoms. The fourth-order valence-corrected chi connectivity index (χ4v) is 3.26. The van der Waals surface area contributed by atoms with E-state index in [0.717, 1.165) is 12.8 Å². The molecular formula is C17H23NO3. The van der Waals surface area contributed by atoms with Crippen LogP contribution in [0.5, 0.6) is 0 Å². The summed E-state index contributed by atoms with van der Waals surface area (Å²) in [7, 11) is 0. The fourth-order valence-electron chi connectivity index (χ4n) is 3.26. The first-order valence-corrected chi connectivity index (χ1v) is 7.79. The molecule has 0 unspecified atom stereocenters. The van der Waals surface area contributed by atoms with Gasteiger partial charge in [0.1, 0.15) is 0 Å². The summed E-state index contributed by atoms with van der Waals surface area (Å²) >= 11 is 0. The maximum Gasteiger partial charge on any atom is 0.253 e. The molecular weight excluding hydrogens is 266 g/mol. The number of piperidine rings is 1. The first kappa shape index (κ1) is 14.5. The van der Waals surface area contributed by atoms with Gasteiger partial charge in [-0.2, -0.15) is 0 Å². The van der Waals surface area contributed by atoms with E-state index in [0.29, 0.717) is 18.5 Å². The van der Waals surface area contributed by atoms with Crippen LogP contribution >= 0.6 is 0 Å². The van der Waals surface area contributed by atoms with Crippen LogP contribution in [0, 0.1) is 0 Å². The molecule has 2 atom stereocenters. The van der Waals surface area contributed by atoms with E-state index in [9.17, 15) is 15.0 Å². The lowest BCUT2D eigenvalue weighted by Gasteiger charge is -2.40. The van der Waals surface area contributed by atoms with Crippen molar-refractivity contribution >= 4 is 5.91 Å². The van der Waals surface area contributed by atoms with Gasteiger partial charge >= 0.3 is 0 Å². The third-order valence-corrected chi connectivity index (χ3v) is 4.88. The fraction of sp³-hybridized carbons (Fsp3) is 0.588. The summed E-state index contributed by atoms with van der Waals surface area (Å²) in [5.41, 5.74) is 2.26. The second-order valence-electron chi connectivity index (χ2n) is 6.56.